The van der Waals surface area contributed by atoms with E-state index in [4.69, 9.17) is 4.74 Å². The number of imidazole rings is 1. The third kappa shape index (κ3) is 5.09. The third-order valence-electron chi connectivity index (χ3n) is 4.35. The summed E-state index contributed by atoms with van der Waals surface area (Å²) in [6.45, 7) is 6.33. The van der Waals surface area contributed by atoms with Crippen LogP contribution in [0.2, 0.25) is 0 Å². The van der Waals surface area contributed by atoms with Gasteiger partial charge in [0.15, 0.2) is 0 Å². The number of benzene rings is 2. The number of hydrogen-bond acceptors (Lipinski definition) is 4. The number of nitrogens with one attached hydrogen (secondary N) is 1. The van der Waals surface area contributed by atoms with Crippen molar-refractivity contribution in [3.05, 3.63) is 68.9 Å². The molecule has 0 aliphatic heterocycles. The smallest absolute Gasteiger partial charge is 0.302 e. The Bertz CT molecular complexity index is 1110. The number of hydrogen-bond donors (Lipinski definition) is 1. The Morgan fingerprint density at radius 3 is 2.52 bits per heavy atom. The molecule has 0 aliphatic rings. The summed E-state index contributed by atoms with van der Waals surface area (Å²) in [6.07, 6.45) is 1.64. The minimum atomic E-state index is -3.75. The average Bonchev–Trinajstić information content (AvgIpc) is 3.08. The van der Waals surface area contributed by atoms with E-state index >= 15 is 0 Å². The summed E-state index contributed by atoms with van der Waals surface area (Å²) in [5.74, 6) is 0.675. The van der Waals surface area contributed by atoms with E-state index < -0.39 is 16.1 Å². The van der Waals surface area contributed by atoms with E-state index in [1.54, 1.807) is 31.3 Å². The van der Waals surface area contributed by atoms with Crippen LogP contribution in [0.5, 0.6) is 11.8 Å². The molecule has 0 aliphatic carbocycles. The van der Waals surface area contributed by atoms with Crippen molar-refractivity contribution in [2.24, 2.45) is 0 Å². The summed E-state index contributed by atoms with van der Waals surface area (Å²) < 4.78 is 37.4. The zero-order chi connectivity index (χ0) is 21.2. The van der Waals surface area contributed by atoms with Gasteiger partial charge in [-0.15, -0.1) is 0 Å². The van der Waals surface area contributed by atoms with E-state index in [-0.39, 0.29) is 4.90 Å². The molecule has 3 rings (SSSR count). The van der Waals surface area contributed by atoms with E-state index in [0.717, 1.165) is 5.56 Å². The zero-order valence-corrected chi connectivity index (χ0v) is 20.2. The van der Waals surface area contributed by atoms with Gasteiger partial charge in [0, 0.05) is 15.5 Å². The van der Waals surface area contributed by atoms with Crippen LogP contribution >= 0.6 is 31.9 Å². The molecule has 0 radical (unpaired) electrons. The minimum Gasteiger partial charge on any atom is -0.426 e. The van der Waals surface area contributed by atoms with Crippen LogP contribution in [0.4, 0.5) is 0 Å². The van der Waals surface area contributed by atoms with Crippen LogP contribution in [0.25, 0.3) is 0 Å². The standard InChI is InChI=1S/C20H21Br2N3O3S/c1-4-25-18(12-23-20(25)28-16-8-5-13(2)6-9-16)14(3)24-29(26,27)19-11-15(21)7-10-17(19)22/h5-12,14,24H,4H2,1-3H3. The topological polar surface area (TPSA) is 73.2 Å². The molecule has 6 nitrogen and oxygen atoms in total. The predicted octanol–water partition coefficient (Wildman–Crippen LogP) is 5.57. The lowest BCUT2D eigenvalue weighted by Crippen LogP contribution is -2.28. The molecule has 2 aromatic carbocycles. The second kappa shape index (κ2) is 8.99. The maximum absolute atomic E-state index is 12.9. The largest absolute Gasteiger partial charge is 0.426 e. The van der Waals surface area contributed by atoms with E-state index in [2.05, 4.69) is 41.6 Å². The third-order valence-corrected chi connectivity index (χ3v) is 7.38. The Kier molecular flexibility index (Phi) is 6.83. The van der Waals surface area contributed by atoms with Gasteiger partial charge in [0.1, 0.15) is 5.75 Å². The van der Waals surface area contributed by atoms with Crippen LogP contribution in [-0.2, 0) is 16.6 Å². The van der Waals surface area contributed by atoms with Gasteiger partial charge >= 0.3 is 6.01 Å². The predicted molar refractivity (Wildman–Crippen MR) is 120 cm³/mol. The van der Waals surface area contributed by atoms with Gasteiger partial charge in [-0.05, 0) is 67.0 Å². The Balaban J connectivity index is 1.85. The number of rotatable bonds is 7. The first kappa shape index (κ1) is 22.0. The molecule has 0 saturated heterocycles. The Hall–Kier alpha value is -1.68. The molecule has 1 unspecified atom stereocenters. The highest BCUT2D eigenvalue weighted by Crippen LogP contribution is 2.29. The van der Waals surface area contributed by atoms with Crippen molar-refractivity contribution in [2.45, 2.75) is 38.3 Å². The lowest BCUT2D eigenvalue weighted by atomic mass is 10.2. The monoisotopic (exact) mass is 541 g/mol. The number of ether oxygens (including phenoxy) is 1. The molecule has 0 bridgehead atoms. The highest BCUT2D eigenvalue weighted by atomic mass is 79.9. The summed E-state index contributed by atoms with van der Waals surface area (Å²) in [4.78, 5) is 4.51. The van der Waals surface area contributed by atoms with Crippen LogP contribution in [0.15, 0.2) is 62.5 Å². The van der Waals surface area contributed by atoms with E-state index in [1.807, 2.05) is 42.7 Å². The van der Waals surface area contributed by atoms with Gasteiger partial charge in [0.05, 0.1) is 22.8 Å². The van der Waals surface area contributed by atoms with Crippen molar-refractivity contribution in [1.82, 2.24) is 14.3 Å². The fourth-order valence-corrected chi connectivity index (χ4v) is 5.59. The number of nitrogens with zero attached hydrogens (tertiary/aromatic N) is 2. The van der Waals surface area contributed by atoms with Crippen molar-refractivity contribution >= 4 is 41.9 Å². The molecule has 1 aromatic heterocycles. The molecular formula is C20H21Br2N3O3S. The Morgan fingerprint density at radius 2 is 1.86 bits per heavy atom. The van der Waals surface area contributed by atoms with Gasteiger partial charge in [-0.3, -0.25) is 4.57 Å². The number of aryl methyl sites for hydroxylation is 1. The fraction of sp³-hybridized carbons (Fsp3) is 0.250. The van der Waals surface area contributed by atoms with Gasteiger partial charge in [0.2, 0.25) is 10.0 Å². The molecule has 1 heterocycles. The van der Waals surface area contributed by atoms with Crippen LogP contribution in [0.1, 0.15) is 31.1 Å². The van der Waals surface area contributed by atoms with Crippen molar-refractivity contribution in [3.63, 3.8) is 0 Å². The zero-order valence-electron chi connectivity index (χ0n) is 16.2. The first-order valence-corrected chi connectivity index (χ1v) is 12.1. The number of aromatic nitrogens is 2. The van der Waals surface area contributed by atoms with Crippen molar-refractivity contribution in [1.29, 1.82) is 0 Å². The second-order valence-electron chi connectivity index (χ2n) is 6.54. The molecule has 0 amide bonds. The molecule has 0 saturated carbocycles. The summed E-state index contributed by atoms with van der Waals surface area (Å²) in [5, 5.41) is 0. The van der Waals surface area contributed by atoms with Gasteiger partial charge < -0.3 is 4.74 Å². The first-order valence-electron chi connectivity index (χ1n) is 8.98. The Labute approximate surface area is 187 Å². The molecular weight excluding hydrogens is 522 g/mol. The molecule has 1 N–H and O–H groups in total. The quantitative estimate of drug-likeness (QED) is 0.423. The van der Waals surface area contributed by atoms with Crippen LogP contribution in [-0.4, -0.2) is 18.0 Å². The summed E-state index contributed by atoms with van der Waals surface area (Å²) >= 11 is 6.63. The Morgan fingerprint density at radius 1 is 1.17 bits per heavy atom. The summed E-state index contributed by atoms with van der Waals surface area (Å²) in [5.41, 5.74) is 1.85. The molecule has 3 aromatic rings. The normalized spacial score (nSPS) is 12.7. The second-order valence-corrected chi connectivity index (χ2v) is 10.00. The van der Waals surface area contributed by atoms with E-state index in [1.165, 1.54) is 0 Å². The molecule has 29 heavy (non-hydrogen) atoms. The molecule has 0 fully saturated rings. The number of sulfonamides is 1. The van der Waals surface area contributed by atoms with Crippen LogP contribution < -0.4 is 9.46 Å². The highest BCUT2D eigenvalue weighted by molar-refractivity contribution is 9.11. The molecule has 0 spiro atoms. The van der Waals surface area contributed by atoms with Crippen molar-refractivity contribution in [2.75, 3.05) is 0 Å². The number of halogens is 2. The summed E-state index contributed by atoms with van der Waals surface area (Å²) in [6, 6.07) is 12.6. The molecule has 9 heteroatoms. The maximum Gasteiger partial charge on any atom is 0.302 e. The lowest BCUT2D eigenvalue weighted by Gasteiger charge is -2.17. The molecule has 1 atom stereocenters. The van der Waals surface area contributed by atoms with E-state index in [0.29, 0.717) is 32.9 Å². The van der Waals surface area contributed by atoms with Gasteiger partial charge in [-0.25, -0.2) is 18.1 Å². The van der Waals surface area contributed by atoms with E-state index in [9.17, 15) is 8.42 Å². The van der Waals surface area contributed by atoms with Crippen LogP contribution in [0.3, 0.4) is 0 Å². The molecule has 154 valence electrons. The van der Waals surface area contributed by atoms with Gasteiger partial charge in [-0.2, -0.15) is 0 Å². The first-order chi connectivity index (χ1) is 13.7. The van der Waals surface area contributed by atoms with Crippen molar-refractivity contribution < 1.29 is 13.2 Å². The fourth-order valence-electron chi connectivity index (χ4n) is 2.87. The lowest BCUT2D eigenvalue weighted by molar-refractivity contribution is 0.408. The average molecular weight is 543 g/mol. The minimum absolute atomic E-state index is 0.164. The van der Waals surface area contributed by atoms with Gasteiger partial charge in [0.25, 0.3) is 0 Å². The van der Waals surface area contributed by atoms with Gasteiger partial charge in [-0.1, -0.05) is 33.6 Å². The summed E-state index contributed by atoms with van der Waals surface area (Å²) in [7, 11) is -3.75. The van der Waals surface area contributed by atoms with Crippen LogP contribution in [0, 0.1) is 6.92 Å². The maximum atomic E-state index is 12.9. The SMILES string of the molecule is CCn1c(C(C)NS(=O)(=O)c2cc(Br)ccc2Br)cnc1Oc1ccc(C)cc1. The van der Waals surface area contributed by atoms with Crippen molar-refractivity contribution in [3.8, 4) is 11.8 Å². The highest BCUT2D eigenvalue weighted by Gasteiger charge is 2.24.